The fourth-order valence-electron chi connectivity index (χ4n) is 1.05. The van der Waals surface area contributed by atoms with Gasteiger partial charge in [-0.05, 0) is 12.3 Å². The third-order valence-electron chi connectivity index (χ3n) is 2.01. The molecule has 0 saturated carbocycles. The zero-order valence-electron chi connectivity index (χ0n) is 9.84. The predicted octanol–water partition coefficient (Wildman–Crippen LogP) is 1.04. The molecule has 0 aliphatic carbocycles. The molecule has 15 heavy (non-hydrogen) atoms. The van der Waals surface area contributed by atoms with Crippen molar-refractivity contribution in [2.24, 2.45) is 5.92 Å². The summed E-state index contributed by atoms with van der Waals surface area (Å²) in [4.78, 5) is 11.3. The summed E-state index contributed by atoms with van der Waals surface area (Å²) in [6, 6.07) is 2.00. The zero-order valence-corrected chi connectivity index (χ0v) is 9.84. The van der Waals surface area contributed by atoms with Gasteiger partial charge in [-0.15, -0.1) is 0 Å². The smallest absolute Gasteiger partial charge is 0.221 e. The fraction of sp³-hybridized carbons (Fsp3) is 0.818. The summed E-state index contributed by atoms with van der Waals surface area (Å²) >= 11 is 0. The van der Waals surface area contributed by atoms with Gasteiger partial charge in [0.15, 0.2) is 0 Å². The number of carbonyl (C=O) groups excluding carboxylic acids is 1. The average molecular weight is 211 g/mol. The first-order valence-electron chi connectivity index (χ1n) is 5.49. The van der Waals surface area contributed by atoms with Crippen molar-refractivity contribution < 1.29 is 4.79 Å². The van der Waals surface area contributed by atoms with Gasteiger partial charge in [-0.25, -0.2) is 0 Å². The van der Waals surface area contributed by atoms with Crippen LogP contribution in [0.3, 0.4) is 0 Å². The monoisotopic (exact) mass is 211 g/mol. The largest absolute Gasteiger partial charge is 0.356 e. The van der Waals surface area contributed by atoms with Crippen molar-refractivity contribution in [3.8, 4) is 6.07 Å². The van der Waals surface area contributed by atoms with Crippen LogP contribution >= 0.6 is 0 Å². The molecule has 0 radical (unpaired) electrons. The lowest BCUT2D eigenvalue weighted by molar-refractivity contribution is -0.121. The van der Waals surface area contributed by atoms with E-state index in [0.717, 1.165) is 6.42 Å². The quantitative estimate of drug-likeness (QED) is 0.661. The second-order valence-corrected chi connectivity index (χ2v) is 3.99. The Balaban J connectivity index is 3.51. The van der Waals surface area contributed by atoms with Crippen molar-refractivity contribution in [1.29, 1.82) is 5.26 Å². The van der Waals surface area contributed by atoms with Gasteiger partial charge in [0.25, 0.3) is 0 Å². The Kier molecular flexibility index (Phi) is 7.65. The number of hydrogen-bond donors (Lipinski definition) is 2. The Labute approximate surface area is 92.0 Å². The molecule has 2 N–H and O–H groups in total. The van der Waals surface area contributed by atoms with Crippen LogP contribution in [0.2, 0.25) is 0 Å². The Morgan fingerprint density at radius 2 is 2.13 bits per heavy atom. The van der Waals surface area contributed by atoms with Crippen LogP contribution in [0.15, 0.2) is 0 Å². The lowest BCUT2D eigenvalue weighted by Crippen LogP contribution is -2.33. The zero-order chi connectivity index (χ0) is 11.7. The van der Waals surface area contributed by atoms with E-state index in [1.165, 1.54) is 0 Å². The highest BCUT2D eigenvalue weighted by atomic mass is 16.1. The number of amides is 1. The standard InChI is InChI=1S/C11H21N3O/c1-4-10(7-12)13-6-5-11(15)14-8-9(2)3/h9-10,13H,4-6,8H2,1-3H3,(H,14,15). The van der Waals surface area contributed by atoms with E-state index in [2.05, 4.69) is 30.6 Å². The van der Waals surface area contributed by atoms with Crippen LogP contribution in [-0.4, -0.2) is 25.0 Å². The molecule has 0 aromatic carbocycles. The highest BCUT2D eigenvalue weighted by Crippen LogP contribution is 1.90. The van der Waals surface area contributed by atoms with Crippen molar-refractivity contribution >= 4 is 5.91 Å². The molecular weight excluding hydrogens is 190 g/mol. The highest BCUT2D eigenvalue weighted by Gasteiger charge is 2.05. The van der Waals surface area contributed by atoms with Gasteiger partial charge in [0, 0.05) is 19.5 Å². The summed E-state index contributed by atoms with van der Waals surface area (Å²) in [5.74, 6) is 0.522. The first-order valence-corrected chi connectivity index (χ1v) is 5.49. The molecule has 1 amide bonds. The second kappa shape index (κ2) is 8.25. The number of rotatable bonds is 7. The highest BCUT2D eigenvalue weighted by molar-refractivity contribution is 5.76. The summed E-state index contributed by atoms with van der Waals surface area (Å²) in [6.45, 7) is 7.34. The Morgan fingerprint density at radius 1 is 1.47 bits per heavy atom. The summed E-state index contributed by atoms with van der Waals surface area (Å²) in [5.41, 5.74) is 0. The maximum atomic E-state index is 11.3. The van der Waals surface area contributed by atoms with Crippen LogP contribution in [0.25, 0.3) is 0 Å². The van der Waals surface area contributed by atoms with E-state index < -0.39 is 0 Å². The third kappa shape index (κ3) is 7.95. The van der Waals surface area contributed by atoms with Gasteiger partial charge in [0.1, 0.15) is 0 Å². The first kappa shape index (κ1) is 13.9. The van der Waals surface area contributed by atoms with E-state index >= 15 is 0 Å². The van der Waals surface area contributed by atoms with Crippen LogP contribution < -0.4 is 10.6 Å². The van der Waals surface area contributed by atoms with E-state index in [-0.39, 0.29) is 11.9 Å². The maximum absolute atomic E-state index is 11.3. The minimum Gasteiger partial charge on any atom is -0.356 e. The summed E-state index contributed by atoms with van der Waals surface area (Å²) in [7, 11) is 0. The molecule has 0 aromatic rings. The Bertz CT molecular complexity index is 220. The Hall–Kier alpha value is -1.08. The molecule has 0 fully saturated rings. The van der Waals surface area contributed by atoms with E-state index in [1.807, 2.05) is 6.92 Å². The van der Waals surface area contributed by atoms with Crippen molar-refractivity contribution in [2.45, 2.75) is 39.7 Å². The van der Waals surface area contributed by atoms with Crippen LogP contribution in [-0.2, 0) is 4.79 Å². The molecule has 1 unspecified atom stereocenters. The van der Waals surface area contributed by atoms with Crippen LogP contribution in [0.1, 0.15) is 33.6 Å². The summed E-state index contributed by atoms with van der Waals surface area (Å²) in [6.07, 6.45) is 1.20. The number of carbonyl (C=O) groups is 1. The molecule has 0 heterocycles. The topological polar surface area (TPSA) is 64.9 Å². The summed E-state index contributed by atoms with van der Waals surface area (Å²) < 4.78 is 0. The van der Waals surface area contributed by atoms with E-state index in [1.54, 1.807) is 0 Å². The van der Waals surface area contributed by atoms with Gasteiger partial charge >= 0.3 is 0 Å². The van der Waals surface area contributed by atoms with Gasteiger partial charge in [0.05, 0.1) is 12.1 Å². The molecule has 4 heteroatoms. The lowest BCUT2D eigenvalue weighted by atomic mass is 10.2. The molecule has 1 atom stereocenters. The minimum atomic E-state index is -0.136. The lowest BCUT2D eigenvalue weighted by Gasteiger charge is -2.10. The predicted molar refractivity (Wildman–Crippen MR) is 60.2 cm³/mol. The molecule has 86 valence electrons. The molecule has 0 spiro atoms. The molecule has 0 rings (SSSR count). The molecule has 0 aromatic heterocycles. The van der Waals surface area contributed by atoms with Crippen molar-refractivity contribution in [2.75, 3.05) is 13.1 Å². The van der Waals surface area contributed by atoms with Gasteiger partial charge in [0.2, 0.25) is 5.91 Å². The van der Waals surface area contributed by atoms with Crippen molar-refractivity contribution in [3.05, 3.63) is 0 Å². The molecular formula is C11H21N3O. The molecule has 0 aliphatic rings. The van der Waals surface area contributed by atoms with Crippen LogP contribution in [0.4, 0.5) is 0 Å². The van der Waals surface area contributed by atoms with Crippen molar-refractivity contribution in [3.63, 3.8) is 0 Å². The number of hydrogen-bond acceptors (Lipinski definition) is 3. The number of nitrogens with one attached hydrogen (secondary N) is 2. The second-order valence-electron chi connectivity index (χ2n) is 3.99. The van der Waals surface area contributed by atoms with Crippen LogP contribution in [0, 0.1) is 17.2 Å². The Morgan fingerprint density at radius 3 is 2.60 bits per heavy atom. The van der Waals surface area contributed by atoms with E-state index in [0.29, 0.717) is 25.4 Å². The SMILES string of the molecule is CCC(C#N)NCCC(=O)NCC(C)C. The number of nitrogens with zero attached hydrogens (tertiary/aromatic N) is 1. The number of nitriles is 1. The molecule has 0 saturated heterocycles. The first-order chi connectivity index (χ1) is 7.10. The fourth-order valence-corrected chi connectivity index (χ4v) is 1.05. The van der Waals surface area contributed by atoms with Gasteiger partial charge < -0.3 is 10.6 Å². The molecule has 0 aliphatic heterocycles. The van der Waals surface area contributed by atoms with Crippen molar-refractivity contribution in [1.82, 2.24) is 10.6 Å². The van der Waals surface area contributed by atoms with E-state index in [9.17, 15) is 4.79 Å². The molecule has 0 bridgehead atoms. The van der Waals surface area contributed by atoms with E-state index in [4.69, 9.17) is 5.26 Å². The summed E-state index contributed by atoms with van der Waals surface area (Å²) in [5, 5.41) is 14.5. The normalized spacial score (nSPS) is 12.2. The maximum Gasteiger partial charge on any atom is 0.221 e. The van der Waals surface area contributed by atoms with Gasteiger partial charge in [-0.2, -0.15) is 5.26 Å². The minimum absolute atomic E-state index is 0.0454. The van der Waals surface area contributed by atoms with Gasteiger partial charge in [-0.3, -0.25) is 4.79 Å². The third-order valence-corrected chi connectivity index (χ3v) is 2.01. The average Bonchev–Trinajstić information content (AvgIpc) is 2.21. The van der Waals surface area contributed by atoms with Gasteiger partial charge in [-0.1, -0.05) is 20.8 Å². The van der Waals surface area contributed by atoms with Crippen LogP contribution in [0.5, 0.6) is 0 Å². The molecule has 4 nitrogen and oxygen atoms in total.